The summed E-state index contributed by atoms with van der Waals surface area (Å²) in [6, 6.07) is 0.454. The summed E-state index contributed by atoms with van der Waals surface area (Å²) < 4.78 is 0. The summed E-state index contributed by atoms with van der Waals surface area (Å²) in [5.74, 6) is 1.29. The van der Waals surface area contributed by atoms with Gasteiger partial charge in [-0.05, 0) is 20.3 Å². The first kappa shape index (κ1) is 7.58. The number of amidine groups is 1. The Morgan fingerprint density at radius 2 is 2.20 bits per heavy atom. The van der Waals surface area contributed by atoms with E-state index < -0.39 is 0 Å². The van der Waals surface area contributed by atoms with Crippen LogP contribution in [-0.4, -0.2) is 30.4 Å². The largest absolute Gasteiger partial charge is 0.363 e. The standard InChI is InChI=1S/C8H16N2/c1-7(2)9-8-5-4-6-10(8)3/h7H,4-6H2,1-3H3. The minimum atomic E-state index is 0.454. The molecule has 0 spiro atoms. The van der Waals surface area contributed by atoms with Gasteiger partial charge in [0, 0.05) is 26.1 Å². The van der Waals surface area contributed by atoms with Gasteiger partial charge in [0.15, 0.2) is 0 Å². The fourth-order valence-corrected chi connectivity index (χ4v) is 1.26. The zero-order valence-corrected chi connectivity index (χ0v) is 7.09. The Balaban J connectivity index is 2.54. The third-order valence-corrected chi connectivity index (χ3v) is 1.74. The monoisotopic (exact) mass is 140 g/mol. The normalized spacial score (nSPS) is 23.2. The molecule has 2 heteroatoms. The van der Waals surface area contributed by atoms with Crippen molar-refractivity contribution in [1.82, 2.24) is 4.90 Å². The Labute approximate surface area is 62.9 Å². The van der Waals surface area contributed by atoms with E-state index in [1.807, 2.05) is 0 Å². The molecule has 0 bridgehead atoms. The first-order valence-electron chi connectivity index (χ1n) is 3.98. The Hall–Kier alpha value is -0.530. The van der Waals surface area contributed by atoms with Crippen LogP contribution in [0.1, 0.15) is 26.7 Å². The van der Waals surface area contributed by atoms with Crippen molar-refractivity contribution in [2.45, 2.75) is 32.7 Å². The third kappa shape index (κ3) is 1.72. The van der Waals surface area contributed by atoms with Crippen molar-refractivity contribution in [1.29, 1.82) is 0 Å². The molecule has 10 heavy (non-hydrogen) atoms. The van der Waals surface area contributed by atoms with Gasteiger partial charge in [0.05, 0.1) is 5.84 Å². The first-order valence-corrected chi connectivity index (χ1v) is 3.98. The van der Waals surface area contributed by atoms with Crippen LogP contribution >= 0.6 is 0 Å². The molecule has 58 valence electrons. The van der Waals surface area contributed by atoms with Gasteiger partial charge in [-0.25, -0.2) is 0 Å². The number of nitrogens with zero attached hydrogens (tertiary/aromatic N) is 2. The maximum atomic E-state index is 4.50. The number of hydrogen-bond acceptors (Lipinski definition) is 1. The van der Waals surface area contributed by atoms with E-state index in [0.29, 0.717) is 6.04 Å². The van der Waals surface area contributed by atoms with Crippen LogP contribution < -0.4 is 0 Å². The van der Waals surface area contributed by atoms with Gasteiger partial charge in [-0.3, -0.25) is 4.99 Å². The van der Waals surface area contributed by atoms with Gasteiger partial charge in [0.2, 0.25) is 0 Å². The van der Waals surface area contributed by atoms with Crippen molar-refractivity contribution in [3.63, 3.8) is 0 Å². The molecule has 0 unspecified atom stereocenters. The van der Waals surface area contributed by atoms with Crippen LogP contribution in [0.5, 0.6) is 0 Å². The van der Waals surface area contributed by atoms with E-state index in [0.717, 1.165) is 0 Å². The summed E-state index contributed by atoms with van der Waals surface area (Å²) in [6.45, 7) is 5.43. The molecular weight excluding hydrogens is 124 g/mol. The van der Waals surface area contributed by atoms with E-state index >= 15 is 0 Å². The third-order valence-electron chi connectivity index (χ3n) is 1.74. The van der Waals surface area contributed by atoms with Crippen LogP contribution in [0.3, 0.4) is 0 Å². The molecule has 0 atom stereocenters. The molecule has 0 aromatic heterocycles. The SMILES string of the molecule is CC(C)N=C1CCCN1C. The summed E-state index contributed by atoms with van der Waals surface area (Å²) in [4.78, 5) is 6.75. The Bertz CT molecular complexity index is 138. The van der Waals surface area contributed by atoms with Crippen molar-refractivity contribution in [2.75, 3.05) is 13.6 Å². The molecule has 0 aromatic carbocycles. The topological polar surface area (TPSA) is 15.6 Å². The summed E-state index contributed by atoms with van der Waals surface area (Å²) in [5, 5.41) is 0. The van der Waals surface area contributed by atoms with E-state index in [-0.39, 0.29) is 0 Å². The average Bonchev–Trinajstić information content (AvgIpc) is 2.15. The van der Waals surface area contributed by atoms with Crippen molar-refractivity contribution in [3.05, 3.63) is 0 Å². The molecule has 0 aromatic rings. The molecule has 1 aliphatic rings. The minimum absolute atomic E-state index is 0.454. The van der Waals surface area contributed by atoms with Crippen molar-refractivity contribution < 1.29 is 0 Å². The van der Waals surface area contributed by atoms with Gasteiger partial charge in [-0.2, -0.15) is 0 Å². The number of likely N-dealkylation sites (tertiary alicyclic amines) is 1. The second-order valence-corrected chi connectivity index (χ2v) is 3.16. The minimum Gasteiger partial charge on any atom is -0.363 e. The van der Waals surface area contributed by atoms with E-state index in [1.54, 1.807) is 0 Å². The number of aliphatic imine (C=N–C) groups is 1. The lowest BCUT2D eigenvalue weighted by Crippen LogP contribution is -2.20. The predicted molar refractivity (Wildman–Crippen MR) is 44.4 cm³/mol. The Morgan fingerprint density at radius 3 is 2.60 bits per heavy atom. The van der Waals surface area contributed by atoms with Crippen molar-refractivity contribution >= 4 is 5.84 Å². The van der Waals surface area contributed by atoms with Gasteiger partial charge in [0.1, 0.15) is 0 Å². The van der Waals surface area contributed by atoms with Crippen LogP contribution in [0.2, 0.25) is 0 Å². The van der Waals surface area contributed by atoms with Crippen LogP contribution in [0.25, 0.3) is 0 Å². The molecule has 0 aliphatic carbocycles. The lowest BCUT2D eigenvalue weighted by Gasteiger charge is -2.11. The first-order chi connectivity index (χ1) is 4.70. The van der Waals surface area contributed by atoms with Gasteiger partial charge in [-0.15, -0.1) is 0 Å². The van der Waals surface area contributed by atoms with Gasteiger partial charge in [-0.1, -0.05) is 0 Å². The highest BCUT2D eigenvalue weighted by atomic mass is 15.2. The summed E-state index contributed by atoms with van der Waals surface area (Å²) in [5.41, 5.74) is 0. The quantitative estimate of drug-likeness (QED) is 0.539. The predicted octanol–water partition coefficient (Wildman–Crippen LogP) is 1.52. The van der Waals surface area contributed by atoms with Crippen LogP contribution in [0.15, 0.2) is 4.99 Å². The van der Waals surface area contributed by atoms with E-state index in [1.165, 1.54) is 25.2 Å². The molecule has 1 fully saturated rings. The molecule has 1 saturated heterocycles. The fourth-order valence-electron chi connectivity index (χ4n) is 1.26. The van der Waals surface area contributed by atoms with E-state index in [4.69, 9.17) is 0 Å². The summed E-state index contributed by atoms with van der Waals surface area (Å²) in [6.07, 6.45) is 2.46. The van der Waals surface area contributed by atoms with Crippen molar-refractivity contribution in [3.8, 4) is 0 Å². The molecule has 0 amide bonds. The zero-order valence-electron chi connectivity index (χ0n) is 7.09. The van der Waals surface area contributed by atoms with Gasteiger partial charge in [0.25, 0.3) is 0 Å². The molecule has 1 rings (SSSR count). The number of rotatable bonds is 1. The highest BCUT2D eigenvalue weighted by Gasteiger charge is 2.13. The van der Waals surface area contributed by atoms with E-state index in [9.17, 15) is 0 Å². The van der Waals surface area contributed by atoms with Crippen molar-refractivity contribution in [2.24, 2.45) is 4.99 Å². The molecule has 0 saturated carbocycles. The second-order valence-electron chi connectivity index (χ2n) is 3.16. The lowest BCUT2D eigenvalue weighted by molar-refractivity contribution is 0.545. The summed E-state index contributed by atoms with van der Waals surface area (Å²) >= 11 is 0. The summed E-state index contributed by atoms with van der Waals surface area (Å²) in [7, 11) is 2.12. The molecule has 1 heterocycles. The zero-order chi connectivity index (χ0) is 7.56. The fraction of sp³-hybridized carbons (Fsp3) is 0.875. The maximum absolute atomic E-state index is 4.50. The van der Waals surface area contributed by atoms with Gasteiger partial charge >= 0.3 is 0 Å². The highest BCUT2D eigenvalue weighted by Crippen LogP contribution is 2.09. The molecule has 0 N–H and O–H groups in total. The van der Waals surface area contributed by atoms with Crippen LogP contribution in [-0.2, 0) is 0 Å². The highest BCUT2D eigenvalue weighted by molar-refractivity contribution is 5.83. The van der Waals surface area contributed by atoms with Gasteiger partial charge < -0.3 is 4.90 Å². The molecule has 1 aliphatic heterocycles. The molecule has 0 radical (unpaired) electrons. The Morgan fingerprint density at radius 1 is 1.50 bits per heavy atom. The second kappa shape index (κ2) is 3.04. The average molecular weight is 140 g/mol. The van der Waals surface area contributed by atoms with Crippen LogP contribution in [0, 0.1) is 0 Å². The maximum Gasteiger partial charge on any atom is 0.0990 e. The number of hydrogen-bond donors (Lipinski definition) is 0. The molecule has 2 nitrogen and oxygen atoms in total. The van der Waals surface area contributed by atoms with Crippen LogP contribution in [0.4, 0.5) is 0 Å². The van der Waals surface area contributed by atoms with E-state index in [2.05, 4.69) is 30.8 Å². The lowest BCUT2D eigenvalue weighted by atomic mass is 10.3. The smallest absolute Gasteiger partial charge is 0.0990 e. The molecular formula is C8H16N2. The Kier molecular flexibility index (Phi) is 2.30.